The van der Waals surface area contributed by atoms with Crippen LogP contribution in [0.2, 0.25) is 0 Å². The average molecular weight is 351 g/mol. The third-order valence-electron chi connectivity index (χ3n) is 4.17. The average Bonchev–Trinajstić information content (AvgIpc) is 3.42. The van der Waals surface area contributed by atoms with Gasteiger partial charge in [-0.2, -0.15) is 0 Å². The van der Waals surface area contributed by atoms with E-state index in [0.29, 0.717) is 22.6 Å². The molecule has 0 saturated heterocycles. The predicted molar refractivity (Wildman–Crippen MR) is 90.8 cm³/mol. The number of ether oxygens (including phenoxy) is 2. The number of rotatable bonds is 4. The van der Waals surface area contributed by atoms with Gasteiger partial charge in [-0.15, -0.1) is 0 Å². The van der Waals surface area contributed by atoms with Gasteiger partial charge in [0.05, 0.1) is 16.4 Å². The molecule has 2 aromatic carbocycles. The zero-order valence-corrected chi connectivity index (χ0v) is 13.5. The molecule has 0 N–H and O–H groups in total. The molecule has 26 heavy (non-hydrogen) atoms. The third-order valence-corrected chi connectivity index (χ3v) is 4.17. The van der Waals surface area contributed by atoms with Crippen molar-refractivity contribution in [2.45, 2.75) is 12.8 Å². The highest BCUT2D eigenvalue weighted by molar-refractivity contribution is 6.14. The highest BCUT2D eigenvalue weighted by atomic mass is 16.6. The summed E-state index contributed by atoms with van der Waals surface area (Å²) in [5.41, 5.74) is 0.952. The summed E-state index contributed by atoms with van der Waals surface area (Å²) in [6.45, 7) is 0. The molecular formula is C19H13NO6. The number of Topliss-reactive ketones (excluding diaryl/α,β-unsaturated/α-hetero) is 1. The molecule has 4 rings (SSSR count). The number of non-ortho nitro benzene ring substituents is 1. The van der Waals surface area contributed by atoms with Crippen LogP contribution in [0.15, 0.2) is 48.2 Å². The highest BCUT2D eigenvalue weighted by Gasteiger charge is 2.32. The van der Waals surface area contributed by atoms with Crippen LogP contribution < -0.4 is 9.47 Å². The van der Waals surface area contributed by atoms with Crippen molar-refractivity contribution in [1.82, 2.24) is 0 Å². The Bertz CT molecular complexity index is 956. The smallest absolute Gasteiger partial charge is 0.314 e. The number of esters is 1. The van der Waals surface area contributed by atoms with Gasteiger partial charge >= 0.3 is 5.97 Å². The Morgan fingerprint density at radius 1 is 1.19 bits per heavy atom. The summed E-state index contributed by atoms with van der Waals surface area (Å²) in [5.74, 6) is 0.187. The maximum Gasteiger partial charge on any atom is 0.314 e. The van der Waals surface area contributed by atoms with Gasteiger partial charge in [-0.3, -0.25) is 19.7 Å². The van der Waals surface area contributed by atoms with Crippen LogP contribution in [0.5, 0.6) is 11.5 Å². The van der Waals surface area contributed by atoms with Crippen molar-refractivity contribution in [3.63, 3.8) is 0 Å². The lowest BCUT2D eigenvalue weighted by Gasteiger charge is -2.04. The molecule has 2 aromatic rings. The van der Waals surface area contributed by atoms with E-state index in [0.717, 1.165) is 12.8 Å². The minimum absolute atomic E-state index is 0.0246. The minimum Gasteiger partial charge on any atom is -0.452 e. The van der Waals surface area contributed by atoms with Crippen LogP contribution >= 0.6 is 0 Å². The van der Waals surface area contributed by atoms with Gasteiger partial charge in [0, 0.05) is 18.2 Å². The number of nitro groups is 1. The predicted octanol–water partition coefficient (Wildman–Crippen LogP) is 3.53. The number of carbonyl (C=O) groups is 2. The molecule has 0 spiro atoms. The topological polar surface area (TPSA) is 95.7 Å². The molecule has 1 fully saturated rings. The van der Waals surface area contributed by atoms with Gasteiger partial charge in [-0.05, 0) is 48.7 Å². The Hall–Kier alpha value is -3.48. The van der Waals surface area contributed by atoms with Gasteiger partial charge in [0.25, 0.3) is 5.69 Å². The molecule has 0 bridgehead atoms. The lowest BCUT2D eigenvalue weighted by molar-refractivity contribution is -0.384. The second-order valence-electron chi connectivity index (χ2n) is 6.14. The first-order valence-electron chi connectivity index (χ1n) is 8.06. The third kappa shape index (κ3) is 3.06. The minimum atomic E-state index is -0.492. The molecule has 2 aliphatic rings. The molecule has 130 valence electrons. The zero-order valence-electron chi connectivity index (χ0n) is 13.5. The van der Waals surface area contributed by atoms with Crippen molar-refractivity contribution in [3.05, 3.63) is 69.5 Å². The Kier molecular flexibility index (Phi) is 3.76. The number of ketones is 1. The molecule has 1 heterocycles. The molecule has 0 aromatic heterocycles. The largest absolute Gasteiger partial charge is 0.452 e. The van der Waals surface area contributed by atoms with E-state index in [1.54, 1.807) is 12.1 Å². The fourth-order valence-electron chi connectivity index (χ4n) is 2.59. The van der Waals surface area contributed by atoms with Gasteiger partial charge in [0.15, 0.2) is 5.76 Å². The van der Waals surface area contributed by atoms with E-state index in [1.807, 2.05) is 0 Å². The van der Waals surface area contributed by atoms with Crippen molar-refractivity contribution < 1.29 is 24.0 Å². The Labute approximate surface area is 148 Å². The molecule has 7 heteroatoms. The van der Waals surface area contributed by atoms with Crippen LogP contribution in [0.25, 0.3) is 6.08 Å². The highest BCUT2D eigenvalue weighted by Crippen LogP contribution is 2.36. The van der Waals surface area contributed by atoms with Crippen molar-refractivity contribution in [2.75, 3.05) is 0 Å². The second kappa shape index (κ2) is 6.11. The molecule has 0 amide bonds. The summed E-state index contributed by atoms with van der Waals surface area (Å²) >= 11 is 0. The lowest BCUT2D eigenvalue weighted by atomic mass is 10.1. The summed E-state index contributed by atoms with van der Waals surface area (Å²) in [6, 6.07) is 10.4. The van der Waals surface area contributed by atoms with Crippen LogP contribution in [-0.4, -0.2) is 16.7 Å². The van der Waals surface area contributed by atoms with Gasteiger partial charge in [0.1, 0.15) is 11.5 Å². The number of hydrogen-bond acceptors (Lipinski definition) is 6. The Morgan fingerprint density at radius 3 is 2.58 bits per heavy atom. The first kappa shape index (κ1) is 16.0. The molecular weight excluding hydrogens is 338 g/mol. The number of fused-ring (bicyclic) bond motifs is 1. The molecule has 0 unspecified atom stereocenters. The summed E-state index contributed by atoms with van der Waals surface area (Å²) in [5, 5.41) is 10.7. The number of hydrogen-bond donors (Lipinski definition) is 0. The second-order valence-corrected chi connectivity index (χ2v) is 6.14. The number of carbonyl (C=O) groups excluding carboxylic acids is 2. The number of allylic oxidation sites excluding steroid dienone is 1. The van der Waals surface area contributed by atoms with E-state index in [4.69, 9.17) is 9.47 Å². The van der Waals surface area contributed by atoms with E-state index in [2.05, 4.69) is 0 Å². The normalized spacial score (nSPS) is 16.9. The Balaban J connectivity index is 1.54. The van der Waals surface area contributed by atoms with Gasteiger partial charge in [-0.25, -0.2) is 0 Å². The zero-order chi connectivity index (χ0) is 18.3. The van der Waals surface area contributed by atoms with Crippen molar-refractivity contribution in [1.29, 1.82) is 0 Å². The fraction of sp³-hybridized carbons (Fsp3) is 0.158. The molecule has 0 radical (unpaired) electrons. The van der Waals surface area contributed by atoms with Crippen LogP contribution in [0.1, 0.15) is 28.8 Å². The van der Waals surface area contributed by atoms with Crippen molar-refractivity contribution >= 4 is 23.5 Å². The van der Waals surface area contributed by atoms with Gasteiger partial charge in [0.2, 0.25) is 5.78 Å². The summed E-state index contributed by atoms with van der Waals surface area (Å²) in [4.78, 5) is 34.3. The molecule has 0 atom stereocenters. The maximum atomic E-state index is 12.4. The van der Waals surface area contributed by atoms with Gasteiger partial charge < -0.3 is 9.47 Å². The van der Waals surface area contributed by atoms with Crippen LogP contribution in [0.4, 0.5) is 5.69 Å². The monoisotopic (exact) mass is 351 g/mol. The molecule has 1 aliphatic carbocycles. The van der Waals surface area contributed by atoms with E-state index in [1.165, 1.54) is 36.4 Å². The quantitative estimate of drug-likeness (QED) is 0.275. The summed E-state index contributed by atoms with van der Waals surface area (Å²) in [7, 11) is 0. The summed E-state index contributed by atoms with van der Waals surface area (Å²) < 4.78 is 10.9. The fourth-order valence-corrected chi connectivity index (χ4v) is 2.59. The first-order valence-corrected chi connectivity index (χ1v) is 8.06. The van der Waals surface area contributed by atoms with Crippen LogP contribution in [0, 0.1) is 16.0 Å². The van der Waals surface area contributed by atoms with Crippen molar-refractivity contribution in [2.24, 2.45) is 5.92 Å². The number of benzene rings is 2. The van der Waals surface area contributed by atoms with Crippen molar-refractivity contribution in [3.8, 4) is 11.5 Å². The lowest BCUT2D eigenvalue weighted by Crippen LogP contribution is -2.09. The number of nitrogens with zero attached hydrogens (tertiary/aromatic N) is 1. The first-order chi connectivity index (χ1) is 12.5. The van der Waals surface area contributed by atoms with Crippen LogP contribution in [0.3, 0.4) is 0 Å². The number of nitro benzene ring substituents is 1. The van der Waals surface area contributed by atoms with E-state index in [9.17, 15) is 19.7 Å². The van der Waals surface area contributed by atoms with E-state index < -0.39 is 4.92 Å². The maximum absolute atomic E-state index is 12.4. The standard InChI is InChI=1S/C19H13NO6/c21-18-15-8-7-14(25-19(22)12-3-4-12)10-16(15)26-17(18)9-11-1-5-13(6-2-11)20(23)24/h1-2,5-10,12H,3-4H2/b17-9+. The molecule has 1 aliphatic heterocycles. The Morgan fingerprint density at radius 2 is 1.92 bits per heavy atom. The molecule has 7 nitrogen and oxygen atoms in total. The SMILES string of the molecule is O=C1/C(=C\c2ccc([N+](=O)[O-])cc2)Oc2cc(OC(=O)C3CC3)ccc21. The summed E-state index contributed by atoms with van der Waals surface area (Å²) in [6.07, 6.45) is 3.21. The molecule has 1 saturated carbocycles. The van der Waals surface area contributed by atoms with E-state index >= 15 is 0 Å². The van der Waals surface area contributed by atoms with Crippen LogP contribution in [-0.2, 0) is 4.79 Å². The van der Waals surface area contributed by atoms with E-state index in [-0.39, 0.29) is 29.1 Å². The van der Waals surface area contributed by atoms with Gasteiger partial charge in [-0.1, -0.05) is 0 Å².